The van der Waals surface area contributed by atoms with E-state index in [0.717, 1.165) is 5.76 Å². The van der Waals surface area contributed by atoms with Gasteiger partial charge in [0.25, 0.3) is 0 Å². The Morgan fingerprint density at radius 3 is 2.32 bits per heavy atom. The van der Waals surface area contributed by atoms with Crippen molar-refractivity contribution in [3.05, 3.63) is 54.0 Å². The molecule has 150 valence electrons. The van der Waals surface area contributed by atoms with E-state index in [-0.39, 0.29) is 10.0 Å². The number of furan rings is 1. The highest BCUT2D eigenvalue weighted by atomic mass is 32.2. The van der Waals surface area contributed by atoms with E-state index in [9.17, 15) is 13.2 Å². The Balaban J connectivity index is 1.95. The lowest BCUT2D eigenvalue weighted by Crippen LogP contribution is -2.33. The van der Waals surface area contributed by atoms with Gasteiger partial charge in [0.05, 0.1) is 4.90 Å². The van der Waals surface area contributed by atoms with E-state index in [0.29, 0.717) is 24.5 Å². The number of hydrogen-bond acceptors (Lipinski definition) is 5. The molecule has 1 amide bonds. The summed E-state index contributed by atoms with van der Waals surface area (Å²) >= 11 is 5.11. The van der Waals surface area contributed by atoms with Crippen LogP contribution >= 0.6 is 12.2 Å². The number of aryl methyl sites for hydroxylation is 1. The molecule has 0 bridgehead atoms. The lowest BCUT2D eigenvalue weighted by atomic mass is 10.3. The molecule has 0 spiro atoms. The summed E-state index contributed by atoms with van der Waals surface area (Å²) in [4.78, 5) is 12.1. The van der Waals surface area contributed by atoms with E-state index >= 15 is 0 Å². The summed E-state index contributed by atoms with van der Waals surface area (Å²) in [5.74, 6) is 0.910. The molecule has 0 aliphatic heterocycles. The lowest BCUT2D eigenvalue weighted by Gasteiger charge is -2.18. The maximum absolute atomic E-state index is 12.5. The van der Waals surface area contributed by atoms with Gasteiger partial charge in [-0.05, 0) is 61.6 Å². The van der Waals surface area contributed by atoms with Gasteiger partial charge in [-0.3, -0.25) is 10.1 Å². The number of carbonyl (C=O) groups excluding carboxylic acids is 1. The van der Waals surface area contributed by atoms with E-state index in [1.165, 1.54) is 28.6 Å². The maximum atomic E-state index is 12.5. The summed E-state index contributed by atoms with van der Waals surface area (Å²) in [5.41, 5.74) is 0.564. The third kappa shape index (κ3) is 5.75. The van der Waals surface area contributed by atoms with Crippen LogP contribution < -0.4 is 10.6 Å². The van der Waals surface area contributed by atoms with Gasteiger partial charge in [-0.15, -0.1) is 0 Å². The Labute approximate surface area is 170 Å². The summed E-state index contributed by atoms with van der Waals surface area (Å²) in [6, 6.07) is 9.74. The minimum atomic E-state index is -3.51. The molecule has 1 heterocycles. The standard InChI is InChI=1S/C19H23N3O4S2/c1-4-22(5-2)28(24,25)17-11-7-15(8-12-17)20-19(27)21-18(23)13-10-16-9-6-14(3)26-16/h6-13H,4-5H2,1-3H3,(H2,20,21,23,27). The van der Waals surface area contributed by atoms with Gasteiger partial charge in [0.1, 0.15) is 11.5 Å². The van der Waals surface area contributed by atoms with Gasteiger partial charge in [0, 0.05) is 24.9 Å². The summed E-state index contributed by atoms with van der Waals surface area (Å²) < 4.78 is 31.7. The molecule has 0 unspecified atom stereocenters. The van der Waals surface area contributed by atoms with Crippen molar-refractivity contribution < 1.29 is 17.6 Å². The lowest BCUT2D eigenvalue weighted by molar-refractivity contribution is -0.115. The predicted molar refractivity (Wildman–Crippen MR) is 113 cm³/mol. The monoisotopic (exact) mass is 421 g/mol. The second-order valence-electron chi connectivity index (χ2n) is 5.84. The van der Waals surface area contributed by atoms with Crippen molar-refractivity contribution in [3.8, 4) is 0 Å². The molecule has 0 fully saturated rings. The summed E-state index contributed by atoms with van der Waals surface area (Å²) in [7, 11) is -3.51. The van der Waals surface area contributed by atoms with Gasteiger partial charge in [-0.1, -0.05) is 13.8 Å². The van der Waals surface area contributed by atoms with Crippen molar-refractivity contribution >= 4 is 45.0 Å². The highest BCUT2D eigenvalue weighted by Gasteiger charge is 2.21. The fraction of sp³-hybridized carbons (Fsp3) is 0.263. The Morgan fingerprint density at radius 1 is 1.14 bits per heavy atom. The Bertz CT molecular complexity index is 959. The van der Waals surface area contributed by atoms with Crippen molar-refractivity contribution in [2.45, 2.75) is 25.7 Å². The average Bonchev–Trinajstić information content (AvgIpc) is 3.06. The van der Waals surface area contributed by atoms with Gasteiger partial charge < -0.3 is 9.73 Å². The van der Waals surface area contributed by atoms with E-state index in [1.54, 1.807) is 38.1 Å². The van der Waals surface area contributed by atoms with Gasteiger partial charge in [-0.25, -0.2) is 8.42 Å². The number of sulfonamides is 1. The second kappa shape index (κ2) is 9.63. The Kier molecular flexibility index (Phi) is 7.50. The summed E-state index contributed by atoms with van der Waals surface area (Å²) in [6.07, 6.45) is 2.85. The van der Waals surface area contributed by atoms with Crippen LogP contribution in [0.4, 0.5) is 5.69 Å². The van der Waals surface area contributed by atoms with Crippen LogP contribution in [0.15, 0.2) is 51.8 Å². The molecule has 0 aliphatic carbocycles. The van der Waals surface area contributed by atoms with E-state index in [4.69, 9.17) is 16.6 Å². The van der Waals surface area contributed by atoms with Crippen LogP contribution in [0.5, 0.6) is 0 Å². The molecule has 28 heavy (non-hydrogen) atoms. The molecule has 2 N–H and O–H groups in total. The zero-order chi connectivity index (χ0) is 20.7. The first kappa shape index (κ1) is 21.8. The fourth-order valence-electron chi connectivity index (χ4n) is 2.44. The molecule has 1 aromatic heterocycles. The highest BCUT2D eigenvalue weighted by molar-refractivity contribution is 7.89. The minimum Gasteiger partial charge on any atom is -0.462 e. The van der Waals surface area contributed by atoms with Crippen molar-refractivity contribution in [2.75, 3.05) is 18.4 Å². The van der Waals surface area contributed by atoms with E-state index < -0.39 is 15.9 Å². The second-order valence-corrected chi connectivity index (χ2v) is 8.19. The van der Waals surface area contributed by atoms with E-state index in [1.807, 2.05) is 6.92 Å². The number of benzene rings is 1. The highest BCUT2D eigenvalue weighted by Crippen LogP contribution is 2.18. The topological polar surface area (TPSA) is 91.7 Å². The van der Waals surface area contributed by atoms with Crippen molar-refractivity contribution in [2.24, 2.45) is 0 Å². The SMILES string of the molecule is CCN(CC)S(=O)(=O)c1ccc(NC(=S)NC(=O)C=Cc2ccc(C)o2)cc1. The van der Waals surface area contributed by atoms with Crippen LogP contribution in [0.25, 0.3) is 6.08 Å². The van der Waals surface area contributed by atoms with Gasteiger partial charge >= 0.3 is 0 Å². The van der Waals surface area contributed by atoms with Crippen LogP contribution in [0.2, 0.25) is 0 Å². The molecular formula is C19H23N3O4S2. The van der Waals surface area contributed by atoms with Crippen molar-refractivity contribution in [3.63, 3.8) is 0 Å². The number of amides is 1. The third-order valence-corrected chi connectivity index (χ3v) is 6.12. The molecule has 2 aromatic rings. The molecular weight excluding hydrogens is 398 g/mol. The molecule has 1 aromatic carbocycles. The number of rotatable bonds is 7. The molecule has 9 heteroatoms. The summed E-state index contributed by atoms with van der Waals surface area (Å²) in [5, 5.41) is 5.46. The zero-order valence-corrected chi connectivity index (χ0v) is 17.6. The van der Waals surface area contributed by atoms with Gasteiger partial charge in [0.15, 0.2) is 5.11 Å². The molecule has 0 atom stereocenters. The number of carbonyl (C=O) groups is 1. The molecule has 2 rings (SSSR count). The molecule has 0 aliphatic rings. The molecule has 0 saturated carbocycles. The fourth-order valence-corrected chi connectivity index (χ4v) is 4.12. The first-order valence-electron chi connectivity index (χ1n) is 8.73. The zero-order valence-electron chi connectivity index (χ0n) is 15.9. The Morgan fingerprint density at radius 2 is 1.79 bits per heavy atom. The number of anilines is 1. The molecule has 0 saturated heterocycles. The van der Waals surface area contributed by atoms with Crippen LogP contribution in [-0.2, 0) is 14.8 Å². The van der Waals surface area contributed by atoms with Gasteiger partial charge in [-0.2, -0.15) is 4.31 Å². The molecule has 0 radical (unpaired) electrons. The predicted octanol–water partition coefficient (Wildman–Crippen LogP) is 3.14. The summed E-state index contributed by atoms with van der Waals surface area (Å²) in [6.45, 7) is 6.20. The maximum Gasteiger partial charge on any atom is 0.250 e. The first-order valence-corrected chi connectivity index (χ1v) is 10.6. The van der Waals surface area contributed by atoms with Crippen LogP contribution in [0.1, 0.15) is 25.4 Å². The minimum absolute atomic E-state index is 0.102. The largest absolute Gasteiger partial charge is 0.462 e. The molecule has 7 nitrogen and oxygen atoms in total. The number of nitrogens with one attached hydrogen (secondary N) is 2. The normalized spacial score (nSPS) is 11.7. The van der Waals surface area contributed by atoms with Crippen molar-refractivity contribution in [1.29, 1.82) is 0 Å². The quantitative estimate of drug-likeness (QED) is 0.527. The van der Waals surface area contributed by atoms with Crippen LogP contribution in [-0.4, -0.2) is 36.8 Å². The van der Waals surface area contributed by atoms with E-state index in [2.05, 4.69) is 10.6 Å². The third-order valence-electron chi connectivity index (χ3n) is 3.85. The van der Waals surface area contributed by atoms with Gasteiger partial charge in [0.2, 0.25) is 15.9 Å². The van der Waals surface area contributed by atoms with Crippen LogP contribution in [0, 0.1) is 6.92 Å². The average molecular weight is 422 g/mol. The van der Waals surface area contributed by atoms with Crippen molar-refractivity contribution in [1.82, 2.24) is 9.62 Å². The number of thiocarbonyl (C=S) groups is 1. The van der Waals surface area contributed by atoms with Crippen LogP contribution in [0.3, 0.4) is 0 Å². The number of hydrogen-bond donors (Lipinski definition) is 2. The Hall–Kier alpha value is -2.49. The first-order chi connectivity index (χ1) is 13.3. The number of nitrogens with zero attached hydrogens (tertiary/aromatic N) is 1. The smallest absolute Gasteiger partial charge is 0.250 e.